The van der Waals surface area contributed by atoms with Gasteiger partial charge in [-0.3, -0.25) is 0 Å². The fourth-order valence-electron chi connectivity index (χ4n) is 5.59. The van der Waals surface area contributed by atoms with Crippen LogP contribution in [-0.2, 0) is 16.6 Å². The maximum atomic E-state index is 13.0. The van der Waals surface area contributed by atoms with Crippen molar-refractivity contribution >= 4 is 6.09 Å². The molecule has 152 valence electrons. The van der Waals surface area contributed by atoms with E-state index in [4.69, 9.17) is 14.2 Å². The number of rotatable bonds is 3. The third-order valence-electron chi connectivity index (χ3n) is 6.85. The number of fused-ring (bicyclic) bond motifs is 1. The van der Waals surface area contributed by atoms with Gasteiger partial charge >= 0.3 is 6.09 Å². The van der Waals surface area contributed by atoms with E-state index in [0.29, 0.717) is 24.8 Å². The Balaban J connectivity index is 1.48. The number of carbonyl (C=O) groups excluding carboxylic acids is 1. The molecular weight excluding hydrogens is 366 g/mol. The number of carbonyl (C=O) groups is 1. The molecule has 1 amide bonds. The predicted molar refractivity (Wildman–Crippen MR) is 109 cm³/mol. The van der Waals surface area contributed by atoms with Crippen LogP contribution >= 0.6 is 0 Å². The van der Waals surface area contributed by atoms with E-state index in [0.717, 1.165) is 38.2 Å². The molecule has 5 rings (SSSR count). The minimum atomic E-state index is -0.240. The number of hydrogen-bond acceptors (Lipinski definition) is 4. The summed E-state index contributed by atoms with van der Waals surface area (Å²) in [5.74, 6) is 1.91. The van der Waals surface area contributed by atoms with Crippen molar-refractivity contribution in [3.05, 3.63) is 59.7 Å². The molecule has 0 N–H and O–H groups in total. The van der Waals surface area contributed by atoms with E-state index in [2.05, 4.69) is 12.1 Å². The molecule has 5 heteroatoms. The Hall–Kier alpha value is -2.53. The lowest BCUT2D eigenvalue weighted by Gasteiger charge is -2.58. The van der Waals surface area contributed by atoms with Gasteiger partial charge in [-0.1, -0.05) is 24.3 Å². The van der Waals surface area contributed by atoms with Gasteiger partial charge in [0, 0.05) is 24.6 Å². The van der Waals surface area contributed by atoms with Crippen molar-refractivity contribution in [3.8, 4) is 11.5 Å². The van der Waals surface area contributed by atoms with Gasteiger partial charge in [0.15, 0.2) is 0 Å². The molecule has 29 heavy (non-hydrogen) atoms. The molecule has 3 atom stereocenters. The highest BCUT2D eigenvalue weighted by Crippen LogP contribution is 2.52. The van der Waals surface area contributed by atoms with E-state index in [9.17, 15) is 4.79 Å². The molecule has 0 spiro atoms. The lowest BCUT2D eigenvalue weighted by molar-refractivity contribution is -0.0750. The summed E-state index contributed by atoms with van der Waals surface area (Å²) < 4.78 is 17.5. The lowest BCUT2D eigenvalue weighted by Crippen LogP contribution is -2.64. The minimum Gasteiger partial charge on any atom is -0.494 e. The van der Waals surface area contributed by atoms with Crippen molar-refractivity contribution in [1.82, 2.24) is 4.90 Å². The predicted octanol–water partition coefficient (Wildman–Crippen LogP) is 4.19. The third-order valence-corrected chi connectivity index (χ3v) is 6.85. The summed E-state index contributed by atoms with van der Waals surface area (Å²) in [4.78, 5) is 15.0. The van der Waals surface area contributed by atoms with E-state index >= 15 is 0 Å². The van der Waals surface area contributed by atoms with E-state index in [1.165, 1.54) is 11.1 Å². The highest BCUT2D eigenvalue weighted by Gasteiger charge is 2.56. The van der Waals surface area contributed by atoms with Gasteiger partial charge < -0.3 is 19.1 Å². The van der Waals surface area contributed by atoms with Crippen molar-refractivity contribution in [1.29, 1.82) is 0 Å². The monoisotopic (exact) mass is 393 g/mol. The van der Waals surface area contributed by atoms with Gasteiger partial charge in [-0.25, -0.2) is 4.79 Å². The first-order valence-electron chi connectivity index (χ1n) is 10.6. The molecule has 3 aliphatic rings. The van der Waals surface area contributed by atoms with Crippen LogP contribution in [0.25, 0.3) is 0 Å². The average molecular weight is 393 g/mol. The number of likely N-dealkylation sites (tertiary alicyclic amines) is 1. The molecule has 0 radical (unpaired) electrons. The molecule has 0 saturated carbocycles. The van der Waals surface area contributed by atoms with E-state index in [1.807, 2.05) is 48.2 Å². The Kier molecular flexibility index (Phi) is 4.70. The second-order valence-electron chi connectivity index (χ2n) is 8.25. The third kappa shape index (κ3) is 3.08. The second kappa shape index (κ2) is 7.38. The first-order chi connectivity index (χ1) is 14.2. The highest BCUT2D eigenvalue weighted by molar-refractivity contribution is 5.72. The van der Waals surface area contributed by atoms with Crippen LogP contribution in [0.3, 0.4) is 0 Å². The van der Waals surface area contributed by atoms with E-state index in [-0.39, 0.29) is 17.6 Å². The molecular formula is C24H27NO4. The molecule has 2 aliphatic heterocycles. The van der Waals surface area contributed by atoms with Crippen molar-refractivity contribution in [2.45, 2.75) is 37.6 Å². The van der Waals surface area contributed by atoms with Gasteiger partial charge in [0.1, 0.15) is 11.5 Å². The number of piperidine rings is 1. The molecule has 2 saturated heterocycles. The number of amides is 1. The molecule has 0 unspecified atom stereocenters. The lowest BCUT2D eigenvalue weighted by atomic mass is 9.56. The van der Waals surface area contributed by atoms with Crippen LogP contribution in [-0.4, -0.2) is 43.4 Å². The summed E-state index contributed by atoms with van der Waals surface area (Å²) in [6.07, 6.45) is 2.48. The zero-order valence-corrected chi connectivity index (χ0v) is 16.8. The highest BCUT2D eigenvalue weighted by atomic mass is 16.6. The zero-order chi connectivity index (χ0) is 19.8. The second-order valence-corrected chi connectivity index (χ2v) is 8.25. The topological polar surface area (TPSA) is 48.0 Å². The zero-order valence-electron chi connectivity index (χ0n) is 16.8. The van der Waals surface area contributed by atoms with Crippen molar-refractivity contribution in [3.63, 3.8) is 0 Å². The van der Waals surface area contributed by atoms with Crippen LogP contribution in [0.4, 0.5) is 4.79 Å². The van der Waals surface area contributed by atoms with Crippen molar-refractivity contribution < 1.29 is 19.0 Å². The molecule has 2 bridgehead atoms. The molecule has 2 aromatic rings. The molecule has 2 fully saturated rings. The van der Waals surface area contributed by atoms with Gasteiger partial charge in [-0.05, 0) is 67.5 Å². The molecule has 5 nitrogen and oxygen atoms in total. The van der Waals surface area contributed by atoms with Crippen LogP contribution in [0.2, 0.25) is 0 Å². The largest absolute Gasteiger partial charge is 0.494 e. The number of ether oxygens (including phenoxy) is 3. The van der Waals surface area contributed by atoms with E-state index < -0.39 is 0 Å². The Morgan fingerprint density at radius 3 is 2.90 bits per heavy atom. The number of benzene rings is 2. The van der Waals surface area contributed by atoms with Crippen LogP contribution in [0.5, 0.6) is 11.5 Å². The quantitative estimate of drug-likeness (QED) is 0.785. The van der Waals surface area contributed by atoms with Crippen LogP contribution < -0.4 is 9.47 Å². The minimum absolute atomic E-state index is 0.0346. The van der Waals surface area contributed by atoms with Crippen molar-refractivity contribution in [2.24, 2.45) is 5.92 Å². The summed E-state index contributed by atoms with van der Waals surface area (Å²) in [6.45, 7) is 4.84. The number of nitrogens with zero attached hydrogens (tertiary/aromatic N) is 1. The van der Waals surface area contributed by atoms with Gasteiger partial charge in [0.25, 0.3) is 0 Å². The average Bonchev–Trinajstić information content (AvgIpc) is 2.75. The molecule has 2 aromatic carbocycles. The van der Waals surface area contributed by atoms with E-state index in [1.54, 1.807) is 0 Å². The first kappa shape index (κ1) is 18.5. The Morgan fingerprint density at radius 2 is 2.07 bits per heavy atom. The molecule has 2 heterocycles. The van der Waals surface area contributed by atoms with Crippen LogP contribution in [0.15, 0.2) is 48.5 Å². The Bertz CT molecular complexity index is 899. The normalized spacial score (nSPS) is 27.6. The van der Waals surface area contributed by atoms with Gasteiger partial charge in [0.2, 0.25) is 0 Å². The van der Waals surface area contributed by atoms with Gasteiger partial charge in [-0.15, -0.1) is 0 Å². The maximum absolute atomic E-state index is 13.0. The summed E-state index contributed by atoms with van der Waals surface area (Å²) >= 11 is 0. The molecule has 1 aliphatic carbocycles. The Labute approximate surface area is 171 Å². The smallest absolute Gasteiger partial charge is 0.415 e. The summed E-state index contributed by atoms with van der Waals surface area (Å²) in [5.41, 5.74) is 2.63. The Morgan fingerprint density at radius 1 is 1.21 bits per heavy atom. The summed E-state index contributed by atoms with van der Waals surface area (Å²) in [5, 5.41) is 0. The van der Waals surface area contributed by atoms with Gasteiger partial charge in [-0.2, -0.15) is 0 Å². The first-order valence-corrected chi connectivity index (χ1v) is 10.6. The van der Waals surface area contributed by atoms with Gasteiger partial charge in [0.05, 0.1) is 13.2 Å². The fourth-order valence-corrected chi connectivity index (χ4v) is 5.59. The fraction of sp³-hybridized carbons (Fsp3) is 0.458. The number of hydrogen-bond donors (Lipinski definition) is 0. The van der Waals surface area contributed by atoms with Crippen LogP contribution in [0.1, 0.15) is 30.9 Å². The standard InChI is InChI=1S/C24H27NO4/c1-2-28-19-9-8-17-14-22-20-10-13-27-16-24(20,21(17)15-19)11-12-25(22)23(26)29-18-6-4-3-5-7-18/h3-9,15,20,22H,2,10-14,16H2,1H3/t20-,22+,24-/m0/s1. The molecule has 0 aromatic heterocycles. The SMILES string of the molecule is CCOc1ccc2c(c1)[C@]13CCN(C(=O)Oc4ccccc4)[C@H](C2)[C@@H]1CCOC3. The summed E-state index contributed by atoms with van der Waals surface area (Å²) in [7, 11) is 0. The van der Waals surface area contributed by atoms with Crippen molar-refractivity contribution in [2.75, 3.05) is 26.4 Å². The van der Waals surface area contributed by atoms with Crippen LogP contribution in [0, 0.1) is 5.92 Å². The number of para-hydroxylation sites is 1. The summed E-state index contributed by atoms with van der Waals surface area (Å²) in [6, 6.07) is 15.9. The maximum Gasteiger partial charge on any atom is 0.415 e.